The maximum Gasteiger partial charge on any atom is 0.0710 e. The highest BCUT2D eigenvalue weighted by Gasteiger charge is 2.22. The molecule has 2 rings (SSSR count). The molecule has 0 radical (unpaired) electrons. The van der Waals surface area contributed by atoms with Crippen LogP contribution >= 0.6 is 0 Å². The zero-order valence-corrected chi connectivity index (χ0v) is 11.2. The Balaban J connectivity index is 1.54. The molecule has 2 saturated heterocycles. The van der Waals surface area contributed by atoms with Crippen LogP contribution in [0.15, 0.2) is 0 Å². The molecule has 1 atom stereocenters. The lowest BCUT2D eigenvalue weighted by molar-refractivity contribution is 0.00320. The van der Waals surface area contributed by atoms with E-state index in [-0.39, 0.29) is 0 Å². The molecule has 0 amide bonds. The predicted octanol–water partition coefficient (Wildman–Crippen LogP) is 0.818. The summed E-state index contributed by atoms with van der Waals surface area (Å²) in [6.45, 7) is 6.54. The lowest BCUT2D eigenvalue weighted by Crippen LogP contribution is -2.35. The molecule has 2 aliphatic rings. The van der Waals surface area contributed by atoms with Crippen LogP contribution in [0.4, 0.5) is 0 Å². The summed E-state index contributed by atoms with van der Waals surface area (Å²) in [7, 11) is 3.99. The van der Waals surface area contributed by atoms with E-state index in [0.29, 0.717) is 12.2 Å². The number of hydrogen-bond acceptors (Lipinski definition) is 4. The van der Waals surface area contributed by atoms with E-state index in [0.717, 1.165) is 26.2 Å². The highest BCUT2D eigenvalue weighted by molar-refractivity contribution is 4.76. The highest BCUT2D eigenvalue weighted by atomic mass is 16.5. The Morgan fingerprint density at radius 3 is 2.41 bits per heavy atom. The summed E-state index contributed by atoms with van der Waals surface area (Å²) in [5, 5.41) is 0. The average molecular weight is 242 g/mol. The van der Waals surface area contributed by atoms with Crippen LogP contribution in [0.5, 0.6) is 0 Å². The molecular weight excluding hydrogens is 216 g/mol. The quantitative estimate of drug-likeness (QED) is 0.712. The van der Waals surface area contributed by atoms with E-state index in [1.54, 1.807) is 0 Å². The van der Waals surface area contributed by atoms with E-state index in [9.17, 15) is 0 Å². The zero-order valence-electron chi connectivity index (χ0n) is 11.2. The third-order valence-electron chi connectivity index (χ3n) is 3.99. The first kappa shape index (κ1) is 13.3. The Bertz CT molecular complexity index is 215. The first-order valence-corrected chi connectivity index (χ1v) is 6.83. The molecular formula is C13H26N2O2. The van der Waals surface area contributed by atoms with Crippen molar-refractivity contribution in [1.29, 1.82) is 0 Å². The maximum absolute atomic E-state index is 5.95. The highest BCUT2D eigenvalue weighted by Crippen LogP contribution is 2.14. The molecule has 2 fully saturated rings. The molecule has 2 aliphatic heterocycles. The summed E-state index contributed by atoms with van der Waals surface area (Å²) in [5.74, 6) is 0. The van der Waals surface area contributed by atoms with Crippen LogP contribution in [0.25, 0.3) is 0 Å². The molecule has 0 N–H and O–H groups in total. The van der Waals surface area contributed by atoms with Crippen molar-refractivity contribution >= 4 is 0 Å². The smallest absolute Gasteiger partial charge is 0.0710 e. The van der Waals surface area contributed by atoms with E-state index in [1.165, 1.54) is 32.4 Å². The van der Waals surface area contributed by atoms with E-state index in [2.05, 4.69) is 16.8 Å². The fourth-order valence-electron chi connectivity index (χ4n) is 2.69. The maximum atomic E-state index is 5.95. The lowest BCUT2D eigenvalue weighted by Gasteiger charge is -2.29. The van der Waals surface area contributed by atoms with Gasteiger partial charge in [0.05, 0.1) is 18.8 Å². The second kappa shape index (κ2) is 6.69. The fraction of sp³-hybridized carbons (Fsp3) is 1.00. The molecule has 0 aromatic rings. The van der Waals surface area contributed by atoms with Gasteiger partial charge in [-0.25, -0.2) is 0 Å². The number of nitrogens with zero attached hydrogens (tertiary/aromatic N) is 2. The number of methoxy groups -OCH3 is 1. The third-order valence-corrected chi connectivity index (χ3v) is 3.99. The molecule has 2 heterocycles. The van der Waals surface area contributed by atoms with Gasteiger partial charge in [-0.15, -0.1) is 0 Å². The molecule has 0 aliphatic carbocycles. The van der Waals surface area contributed by atoms with Gasteiger partial charge in [0.15, 0.2) is 0 Å². The van der Waals surface area contributed by atoms with Gasteiger partial charge in [0, 0.05) is 39.8 Å². The van der Waals surface area contributed by atoms with Crippen LogP contribution in [0.2, 0.25) is 0 Å². The van der Waals surface area contributed by atoms with Gasteiger partial charge in [0.25, 0.3) is 0 Å². The van der Waals surface area contributed by atoms with Crippen LogP contribution in [-0.4, -0.2) is 75.5 Å². The summed E-state index contributed by atoms with van der Waals surface area (Å²) < 4.78 is 11.3. The molecule has 0 aromatic heterocycles. The van der Waals surface area contributed by atoms with Gasteiger partial charge < -0.3 is 14.4 Å². The van der Waals surface area contributed by atoms with Gasteiger partial charge in [0.2, 0.25) is 0 Å². The number of piperidine rings is 1. The van der Waals surface area contributed by atoms with E-state index in [4.69, 9.17) is 9.47 Å². The molecule has 17 heavy (non-hydrogen) atoms. The van der Waals surface area contributed by atoms with Gasteiger partial charge in [0.1, 0.15) is 0 Å². The van der Waals surface area contributed by atoms with Crippen LogP contribution < -0.4 is 0 Å². The van der Waals surface area contributed by atoms with Crippen molar-refractivity contribution in [3.8, 4) is 0 Å². The molecule has 0 spiro atoms. The van der Waals surface area contributed by atoms with E-state index >= 15 is 0 Å². The van der Waals surface area contributed by atoms with Crippen molar-refractivity contribution < 1.29 is 9.47 Å². The molecule has 4 heteroatoms. The summed E-state index contributed by atoms with van der Waals surface area (Å²) >= 11 is 0. The second-order valence-corrected chi connectivity index (χ2v) is 5.32. The van der Waals surface area contributed by atoms with Crippen molar-refractivity contribution in [2.45, 2.75) is 31.5 Å². The molecule has 100 valence electrons. The summed E-state index contributed by atoms with van der Waals surface area (Å²) in [4.78, 5) is 4.83. The monoisotopic (exact) mass is 242 g/mol. The Kier molecular flexibility index (Phi) is 5.22. The third kappa shape index (κ3) is 4.21. The van der Waals surface area contributed by atoms with Crippen LogP contribution in [0.3, 0.4) is 0 Å². The van der Waals surface area contributed by atoms with Crippen molar-refractivity contribution in [1.82, 2.24) is 9.80 Å². The summed E-state index contributed by atoms with van der Waals surface area (Å²) in [5.41, 5.74) is 0. The predicted molar refractivity (Wildman–Crippen MR) is 68.3 cm³/mol. The van der Waals surface area contributed by atoms with Crippen molar-refractivity contribution in [2.75, 3.05) is 53.5 Å². The van der Waals surface area contributed by atoms with E-state index in [1.807, 2.05) is 7.11 Å². The minimum absolute atomic E-state index is 0.443. The molecule has 0 saturated carbocycles. The Hall–Kier alpha value is -0.160. The first-order chi connectivity index (χ1) is 8.28. The van der Waals surface area contributed by atoms with Gasteiger partial charge >= 0.3 is 0 Å². The van der Waals surface area contributed by atoms with Crippen molar-refractivity contribution in [3.05, 3.63) is 0 Å². The van der Waals surface area contributed by atoms with Gasteiger partial charge in [-0.05, 0) is 26.3 Å². The lowest BCUT2D eigenvalue weighted by atomic mass is 10.1. The van der Waals surface area contributed by atoms with Crippen molar-refractivity contribution in [3.63, 3.8) is 0 Å². The topological polar surface area (TPSA) is 24.9 Å². The zero-order chi connectivity index (χ0) is 12.1. The van der Waals surface area contributed by atoms with Gasteiger partial charge in [-0.1, -0.05) is 0 Å². The summed E-state index contributed by atoms with van der Waals surface area (Å²) in [6.07, 6.45) is 4.49. The second-order valence-electron chi connectivity index (χ2n) is 5.32. The Morgan fingerprint density at radius 2 is 1.76 bits per heavy atom. The standard InChI is InChI=1S/C13H26N2O2/c1-14-6-3-12(4-7-14)17-10-9-15-8-5-13(11-15)16-2/h12-13H,3-11H2,1-2H3. The fourth-order valence-corrected chi connectivity index (χ4v) is 2.69. The number of likely N-dealkylation sites (tertiary alicyclic amines) is 2. The molecule has 0 aromatic carbocycles. The van der Waals surface area contributed by atoms with Crippen LogP contribution in [0.1, 0.15) is 19.3 Å². The Morgan fingerprint density at radius 1 is 1.06 bits per heavy atom. The van der Waals surface area contributed by atoms with Crippen LogP contribution in [0, 0.1) is 0 Å². The van der Waals surface area contributed by atoms with Gasteiger partial charge in [-0.3, -0.25) is 4.90 Å². The van der Waals surface area contributed by atoms with E-state index < -0.39 is 0 Å². The van der Waals surface area contributed by atoms with Crippen molar-refractivity contribution in [2.24, 2.45) is 0 Å². The summed E-state index contributed by atoms with van der Waals surface area (Å²) in [6, 6.07) is 0. The number of rotatable bonds is 5. The molecule has 4 nitrogen and oxygen atoms in total. The first-order valence-electron chi connectivity index (χ1n) is 6.83. The molecule has 0 bridgehead atoms. The Labute approximate surface area is 105 Å². The minimum atomic E-state index is 0.443. The molecule has 1 unspecified atom stereocenters. The van der Waals surface area contributed by atoms with Crippen LogP contribution in [-0.2, 0) is 9.47 Å². The minimum Gasteiger partial charge on any atom is -0.380 e. The number of hydrogen-bond donors (Lipinski definition) is 0. The normalized spacial score (nSPS) is 28.9. The largest absolute Gasteiger partial charge is 0.380 e. The average Bonchev–Trinajstić information content (AvgIpc) is 2.80. The number of ether oxygens (including phenoxy) is 2. The van der Waals surface area contributed by atoms with Gasteiger partial charge in [-0.2, -0.15) is 0 Å². The SMILES string of the molecule is COC1CCN(CCOC2CCN(C)CC2)C1.